The molecule has 0 aliphatic carbocycles. The van der Waals surface area contributed by atoms with Crippen LogP contribution in [-0.4, -0.2) is 9.97 Å². The number of nitrogens with zero attached hydrogens (tertiary/aromatic N) is 2. The van der Waals surface area contributed by atoms with Gasteiger partial charge in [-0.3, -0.25) is 21.2 Å². The largest absolute Gasteiger partial charge is 0.271 e. The number of aromatic nitrogens is 2. The highest BCUT2D eigenvalue weighted by Crippen LogP contribution is 2.20. The minimum Gasteiger partial charge on any atom is -0.271 e. The molecule has 1 heterocycles. The maximum absolute atomic E-state index is 5.46. The van der Waals surface area contributed by atoms with Crippen LogP contribution in [0.5, 0.6) is 0 Å². The molecule has 3 N–H and O–H groups in total. The van der Waals surface area contributed by atoms with Crippen LogP contribution in [0.2, 0.25) is 0 Å². The SMILES string of the molecule is CCC(C)C(NN)c1cnccn1. The minimum absolute atomic E-state index is 0.0960. The molecule has 2 atom stereocenters. The molecule has 72 valence electrons. The molecule has 0 saturated carbocycles. The standard InChI is InChI=1S/C9H16N4/c1-3-7(2)9(13-10)8-6-11-4-5-12-8/h4-7,9,13H,3,10H2,1-2H3. The molecule has 0 bridgehead atoms. The second-order valence-electron chi connectivity index (χ2n) is 3.16. The molecule has 1 aromatic rings. The van der Waals surface area contributed by atoms with Gasteiger partial charge in [0, 0.05) is 12.4 Å². The molecule has 0 fully saturated rings. The van der Waals surface area contributed by atoms with E-state index in [4.69, 9.17) is 5.84 Å². The molecule has 1 rings (SSSR count). The summed E-state index contributed by atoms with van der Waals surface area (Å²) in [5.74, 6) is 5.92. The van der Waals surface area contributed by atoms with Crippen molar-refractivity contribution in [2.24, 2.45) is 11.8 Å². The summed E-state index contributed by atoms with van der Waals surface area (Å²) in [5.41, 5.74) is 3.67. The molecule has 0 radical (unpaired) electrons. The van der Waals surface area contributed by atoms with Gasteiger partial charge in [-0.2, -0.15) is 0 Å². The van der Waals surface area contributed by atoms with Crippen LogP contribution in [0, 0.1) is 5.92 Å². The van der Waals surface area contributed by atoms with Crippen molar-refractivity contribution in [1.82, 2.24) is 15.4 Å². The van der Waals surface area contributed by atoms with E-state index in [1.807, 2.05) is 0 Å². The predicted octanol–water partition coefficient (Wildman–Crippen LogP) is 1.03. The maximum atomic E-state index is 5.46. The molecular formula is C9H16N4. The Morgan fingerprint density at radius 3 is 2.77 bits per heavy atom. The zero-order chi connectivity index (χ0) is 9.68. The van der Waals surface area contributed by atoms with Crippen molar-refractivity contribution in [3.63, 3.8) is 0 Å². The van der Waals surface area contributed by atoms with Gasteiger partial charge in [0.25, 0.3) is 0 Å². The van der Waals surface area contributed by atoms with E-state index >= 15 is 0 Å². The van der Waals surface area contributed by atoms with Crippen LogP contribution < -0.4 is 11.3 Å². The third kappa shape index (κ3) is 2.47. The van der Waals surface area contributed by atoms with Crippen molar-refractivity contribution in [3.8, 4) is 0 Å². The summed E-state index contributed by atoms with van der Waals surface area (Å²) in [6.45, 7) is 4.27. The second kappa shape index (κ2) is 4.89. The van der Waals surface area contributed by atoms with Gasteiger partial charge in [0.15, 0.2) is 0 Å². The van der Waals surface area contributed by atoms with Gasteiger partial charge >= 0.3 is 0 Å². The second-order valence-corrected chi connectivity index (χ2v) is 3.16. The van der Waals surface area contributed by atoms with Crippen LogP contribution in [0.4, 0.5) is 0 Å². The average Bonchev–Trinajstić information content (AvgIpc) is 2.20. The van der Waals surface area contributed by atoms with Crippen molar-refractivity contribution < 1.29 is 0 Å². The van der Waals surface area contributed by atoms with Gasteiger partial charge in [0.05, 0.1) is 17.9 Å². The first-order chi connectivity index (χ1) is 6.29. The number of rotatable bonds is 4. The van der Waals surface area contributed by atoms with Crippen molar-refractivity contribution in [1.29, 1.82) is 0 Å². The summed E-state index contributed by atoms with van der Waals surface area (Å²) in [5, 5.41) is 0. The molecule has 0 aliphatic heterocycles. The minimum atomic E-state index is 0.0960. The van der Waals surface area contributed by atoms with Gasteiger partial charge in [-0.05, 0) is 5.92 Å². The first-order valence-electron chi connectivity index (χ1n) is 4.51. The van der Waals surface area contributed by atoms with Gasteiger partial charge in [0.2, 0.25) is 0 Å². The fraction of sp³-hybridized carbons (Fsp3) is 0.556. The number of nitrogens with one attached hydrogen (secondary N) is 1. The number of hydrogen-bond donors (Lipinski definition) is 2. The zero-order valence-corrected chi connectivity index (χ0v) is 8.07. The van der Waals surface area contributed by atoms with Crippen LogP contribution >= 0.6 is 0 Å². The molecule has 13 heavy (non-hydrogen) atoms. The smallest absolute Gasteiger partial charge is 0.0772 e. The Morgan fingerprint density at radius 2 is 2.31 bits per heavy atom. The summed E-state index contributed by atoms with van der Waals surface area (Å²) in [4.78, 5) is 8.23. The third-order valence-electron chi connectivity index (χ3n) is 2.29. The highest BCUT2D eigenvalue weighted by molar-refractivity contribution is 5.02. The number of hydrogen-bond acceptors (Lipinski definition) is 4. The Morgan fingerprint density at radius 1 is 1.54 bits per heavy atom. The van der Waals surface area contributed by atoms with Gasteiger partial charge in [0.1, 0.15) is 0 Å². The zero-order valence-electron chi connectivity index (χ0n) is 8.07. The van der Waals surface area contributed by atoms with E-state index in [-0.39, 0.29) is 6.04 Å². The van der Waals surface area contributed by atoms with E-state index in [0.29, 0.717) is 5.92 Å². The lowest BCUT2D eigenvalue weighted by Gasteiger charge is -2.20. The van der Waals surface area contributed by atoms with E-state index in [1.54, 1.807) is 18.6 Å². The molecule has 2 unspecified atom stereocenters. The predicted molar refractivity (Wildman–Crippen MR) is 51.6 cm³/mol. The third-order valence-corrected chi connectivity index (χ3v) is 2.29. The molecule has 1 aromatic heterocycles. The fourth-order valence-electron chi connectivity index (χ4n) is 1.25. The Balaban J connectivity index is 2.78. The van der Waals surface area contributed by atoms with Gasteiger partial charge in [-0.25, -0.2) is 0 Å². The van der Waals surface area contributed by atoms with Gasteiger partial charge < -0.3 is 0 Å². The Bertz CT molecular complexity index is 237. The van der Waals surface area contributed by atoms with Crippen molar-refractivity contribution >= 4 is 0 Å². The summed E-state index contributed by atoms with van der Waals surface area (Å²) in [7, 11) is 0. The monoisotopic (exact) mass is 180 g/mol. The maximum Gasteiger partial charge on any atom is 0.0772 e. The normalized spacial score (nSPS) is 15.3. The first-order valence-corrected chi connectivity index (χ1v) is 4.51. The van der Waals surface area contributed by atoms with Crippen LogP contribution in [0.1, 0.15) is 32.0 Å². The summed E-state index contributed by atoms with van der Waals surface area (Å²) < 4.78 is 0. The van der Waals surface area contributed by atoms with Crippen LogP contribution in [-0.2, 0) is 0 Å². The van der Waals surface area contributed by atoms with Crippen molar-refractivity contribution in [3.05, 3.63) is 24.3 Å². The number of nitrogens with two attached hydrogens (primary N) is 1. The molecule has 4 nitrogen and oxygen atoms in total. The van der Waals surface area contributed by atoms with Gasteiger partial charge in [-0.1, -0.05) is 20.3 Å². The van der Waals surface area contributed by atoms with Crippen molar-refractivity contribution in [2.75, 3.05) is 0 Å². The molecule has 0 spiro atoms. The van der Waals surface area contributed by atoms with E-state index < -0.39 is 0 Å². The van der Waals surface area contributed by atoms with E-state index in [2.05, 4.69) is 29.2 Å². The molecule has 0 aromatic carbocycles. The van der Waals surface area contributed by atoms with Crippen molar-refractivity contribution in [2.45, 2.75) is 26.3 Å². The summed E-state index contributed by atoms with van der Waals surface area (Å²) >= 11 is 0. The lowest BCUT2D eigenvalue weighted by molar-refractivity contribution is 0.374. The number of hydrazine groups is 1. The summed E-state index contributed by atoms with van der Waals surface area (Å²) in [6.07, 6.45) is 6.15. The van der Waals surface area contributed by atoms with E-state index in [1.165, 1.54) is 0 Å². The Kier molecular flexibility index (Phi) is 3.79. The highest BCUT2D eigenvalue weighted by Gasteiger charge is 2.17. The Labute approximate surface area is 78.6 Å². The molecule has 0 aliphatic rings. The lowest BCUT2D eigenvalue weighted by Crippen LogP contribution is -2.33. The van der Waals surface area contributed by atoms with Gasteiger partial charge in [-0.15, -0.1) is 0 Å². The fourth-order valence-corrected chi connectivity index (χ4v) is 1.25. The Hall–Kier alpha value is -1.00. The summed E-state index contributed by atoms with van der Waals surface area (Å²) in [6, 6.07) is 0.0960. The van der Waals surface area contributed by atoms with Crippen LogP contribution in [0.15, 0.2) is 18.6 Å². The molecular weight excluding hydrogens is 164 g/mol. The molecule has 0 amide bonds. The lowest BCUT2D eigenvalue weighted by atomic mass is 9.97. The average molecular weight is 180 g/mol. The van der Waals surface area contributed by atoms with Crippen LogP contribution in [0.25, 0.3) is 0 Å². The molecule has 4 heteroatoms. The highest BCUT2D eigenvalue weighted by atomic mass is 15.2. The molecule has 0 saturated heterocycles. The van der Waals surface area contributed by atoms with Crippen LogP contribution in [0.3, 0.4) is 0 Å². The van der Waals surface area contributed by atoms with E-state index in [9.17, 15) is 0 Å². The first kappa shape index (κ1) is 10.1. The van der Waals surface area contributed by atoms with E-state index in [0.717, 1.165) is 12.1 Å². The quantitative estimate of drug-likeness (QED) is 0.536. The topological polar surface area (TPSA) is 63.8 Å².